The number of anilines is 3. The van der Waals surface area contributed by atoms with Crippen LogP contribution in [0.25, 0.3) is 0 Å². The molecule has 1 fully saturated rings. The molecule has 3 rings (SSSR count). The third-order valence-electron chi connectivity index (χ3n) is 5.13. The molecule has 1 N–H and O–H groups in total. The van der Waals surface area contributed by atoms with E-state index in [9.17, 15) is 18.0 Å². The van der Waals surface area contributed by atoms with Crippen LogP contribution in [-0.2, 0) is 19.7 Å². The molecule has 0 spiro atoms. The zero-order valence-corrected chi connectivity index (χ0v) is 18.5. The van der Waals surface area contributed by atoms with Gasteiger partial charge in [0.1, 0.15) is 11.6 Å². The van der Waals surface area contributed by atoms with Crippen molar-refractivity contribution < 1.29 is 22.7 Å². The summed E-state index contributed by atoms with van der Waals surface area (Å²) in [6.07, 6.45) is 0.756. The fourth-order valence-electron chi connectivity index (χ4n) is 3.55. The summed E-state index contributed by atoms with van der Waals surface area (Å²) < 4.78 is 32.5. The molecule has 0 radical (unpaired) electrons. The smallest absolute Gasteiger partial charge is 0.410 e. The van der Waals surface area contributed by atoms with Crippen LogP contribution >= 0.6 is 0 Å². The summed E-state index contributed by atoms with van der Waals surface area (Å²) in [4.78, 5) is 26.8. The number of hydrogen-bond acceptors (Lipinski definition) is 5. The number of aryl methyl sites for hydroxylation is 1. The summed E-state index contributed by atoms with van der Waals surface area (Å²) in [5.74, 6) is -0.312. The number of amides is 2. The van der Waals surface area contributed by atoms with Gasteiger partial charge in [0.15, 0.2) is 0 Å². The van der Waals surface area contributed by atoms with Crippen molar-refractivity contribution in [3.63, 3.8) is 0 Å². The number of carbonyl (C=O) groups excluding carboxylic acids is 2. The van der Waals surface area contributed by atoms with E-state index in [4.69, 9.17) is 4.74 Å². The first-order chi connectivity index (χ1) is 13.3. The zero-order valence-electron chi connectivity index (χ0n) is 17.6. The molecule has 0 aromatic heterocycles. The van der Waals surface area contributed by atoms with Crippen molar-refractivity contribution in [1.29, 1.82) is 0 Å². The molecule has 1 aromatic carbocycles. The van der Waals surface area contributed by atoms with Gasteiger partial charge in [0.25, 0.3) is 0 Å². The van der Waals surface area contributed by atoms with Gasteiger partial charge in [-0.05, 0) is 58.2 Å². The minimum Gasteiger partial charge on any atom is -0.444 e. The standard InChI is InChI=1S/C19H28N4O5S/c1-12-10-15-16(22(6)29(26,27)21(15)5)11-13(12)20-17(24)14-8-7-9-23(14)18(25)28-19(2,3)4/h10-11,14H,7-9H2,1-6H3,(H,20,24)/t14-/m0/s1. The summed E-state index contributed by atoms with van der Waals surface area (Å²) in [5, 5.41) is 2.86. The van der Waals surface area contributed by atoms with E-state index in [0.717, 1.165) is 5.56 Å². The number of benzene rings is 1. The quantitative estimate of drug-likeness (QED) is 0.786. The number of likely N-dealkylation sites (tertiary alicyclic amines) is 1. The fraction of sp³-hybridized carbons (Fsp3) is 0.579. The minimum absolute atomic E-state index is 0.312. The summed E-state index contributed by atoms with van der Waals surface area (Å²) in [6.45, 7) is 7.61. The Bertz CT molecular complexity index is 954. The Hall–Kier alpha value is -2.49. The van der Waals surface area contributed by atoms with Crippen LogP contribution in [0.4, 0.5) is 21.9 Å². The third kappa shape index (κ3) is 3.85. The highest BCUT2D eigenvalue weighted by Gasteiger charge is 2.38. The number of nitrogens with one attached hydrogen (secondary N) is 1. The Morgan fingerprint density at radius 1 is 1.14 bits per heavy atom. The number of fused-ring (bicyclic) bond motifs is 1. The number of nitrogens with zero attached hydrogens (tertiary/aromatic N) is 3. The highest BCUT2D eigenvalue weighted by Crippen LogP contribution is 2.42. The maximum atomic E-state index is 12.9. The minimum atomic E-state index is -3.59. The van der Waals surface area contributed by atoms with Gasteiger partial charge in [-0.25, -0.2) is 4.79 Å². The van der Waals surface area contributed by atoms with E-state index in [-0.39, 0.29) is 5.91 Å². The van der Waals surface area contributed by atoms with Crippen LogP contribution in [0.5, 0.6) is 0 Å². The van der Waals surface area contributed by atoms with E-state index in [0.29, 0.717) is 36.4 Å². The summed E-state index contributed by atoms with van der Waals surface area (Å²) in [6, 6.07) is 2.75. The topological polar surface area (TPSA) is 99.3 Å². The summed E-state index contributed by atoms with van der Waals surface area (Å²) >= 11 is 0. The Labute approximate surface area is 171 Å². The molecule has 0 saturated carbocycles. The lowest BCUT2D eigenvalue weighted by molar-refractivity contribution is -0.120. The molecule has 0 bridgehead atoms. The maximum Gasteiger partial charge on any atom is 0.410 e. The molecule has 29 heavy (non-hydrogen) atoms. The van der Waals surface area contributed by atoms with Gasteiger partial charge in [-0.2, -0.15) is 8.42 Å². The molecule has 1 aromatic rings. The van der Waals surface area contributed by atoms with Gasteiger partial charge < -0.3 is 10.1 Å². The predicted molar refractivity (Wildman–Crippen MR) is 111 cm³/mol. The van der Waals surface area contributed by atoms with Crippen LogP contribution in [0.1, 0.15) is 39.2 Å². The third-order valence-corrected chi connectivity index (χ3v) is 6.91. The van der Waals surface area contributed by atoms with Crippen molar-refractivity contribution in [2.24, 2.45) is 0 Å². The van der Waals surface area contributed by atoms with Crippen LogP contribution in [-0.4, -0.2) is 57.6 Å². The SMILES string of the molecule is Cc1cc2c(cc1NC(=O)[C@@H]1CCCN1C(=O)OC(C)(C)C)N(C)S(=O)(=O)N2C. The Morgan fingerprint density at radius 3 is 2.31 bits per heavy atom. The predicted octanol–water partition coefficient (Wildman–Crippen LogP) is 2.46. The van der Waals surface area contributed by atoms with Crippen LogP contribution < -0.4 is 13.9 Å². The lowest BCUT2D eigenvalue weighted by Gasteiger charge is -2.28. The normalized spacial score (nSPS) is 20.6. The first-order valence-electron chi connectivity index (χ1n) is 9.51. The molecule has 9 nitrogen and oxygen atoms in total. The van der Waals surface area contributed by atoms with Crippen molar-refractivity contribution in [2.75, 3.05) is 34.6 Å². The summed E-state index contributed by atoms with van der Waals surface area (Å²) in [7, 11) is -0.629. The molecule has 0 unspecified atom stereocenters. The lowest BCUT2D eigenvalue weighted by Crippen LogP contribution is -2.45. The second-order valence-corrected chi connectivity index (χ2v) is 10.4. The van der Waals surface area contributed by atoms with Crippen LogP contribution in [0, 0.1) is 6.92 Å². The average molecular weight is 425 g/mol. The molecular formula is C19H28N4O5S. The average Bonchev–Trinajstić information content (AvgIpc) is 3.15. The molecule has 10 heteroatoms. The van der Waals surface area contributed by atoms with E-state index < -0.39 is 27.9 Å². The van der Waals surface area contributed by atoms with Crippen LogP contribution in [0.2, 0.25) is 0 Å². The van der Waals surface area contributed by atoms with Crippen LogP contribution in [0.3, 0.4) is 0 Å². The molecule has 2 aliphatic rings. The Morgan fingerprint density at radius 2 is 1.72 bits per heavy atom. The molecular weight excluding hydrogens is 396 g/mol. The summed E-state index contributed by atoms with van der Waals surface area (Å²) in [5.41, 5.74) is 1.65. The number of hydrogen-bond donors (Lipinski definition) is 1. The molecule has 0 aliphatic carbocycles. The highest BCUT2D eigenvalue weighted by atomic mass is 32.2. The van der Waals surface area contributed by atoms with Gasteiger partial charge in [-0.1, -0.05) is 0 Å². The van der Waals surface area contributed by atoms with Gasteiger partial charge in [-0.3, -0.25) is 18.3 Å². The van der Waals surface area contributed by atoms with Crippen molar-refractivity contribution in [1.82, 2.24) is 4.90 Å². The van der Waals surface area contributed by atoms with Crippen molar-refractivity contribution in [3.8, 4) is 0 Å². The van der Waals surface area contributed by atoms with Crippen molar-refractivity contribution >= 4 is 39.3 Å². The van der Waals surface area contributed by atoms with E-state index in [1.165, 1.54) is 27.6 Å². The number of carbonyl (C=O) groups is 2. The molecule has 160 valence electrons. The molecule has 1 atom stereocenters. The second kappa shape index (κ2) is 7.08. The lowest BCUT2D eigenvalue weighted by atomic mass is 10.1. The zero-order chi connectivity index (χ0) is 21.7. The van der Waals surface area contributed by atoms with E-state index in [1.807, 2.05) is 0 Å². The van der Waals surface area contributed by atoms with Gasteiger partial charge in [0.05, 0.1) is 11.4 Å². The van der Waals surface area contributed by atoms with E-state index in [1.54, 1.807) is 39.8 Å². The van der Waals surface area contributed by atoms with Gasteiger partial charge in [-0.15, -0.1) is 0 Å². The number of ether oxygens (including phenoxy) is 1. The molecule has 2 heterocycles. The molecule has 1 saturated heterocycles. The van der Waals surface area contributed by atoms with Gasteiger partial charge >= 0.3 is 16.3 Å². The van der Waals surface area contributed by atoms with Crippen molar-refractivity contribution in [2.45, 2.75) is 52.2 Å². The number of rotatable bonds is 2. The molecule has 2 aliphatic heterocycles. The highest BCUT2D eigenvalue weighted by molar-refractivity contribution is 7.94. The fourth-order valence-corrected chi connectivity index (χ4v) is 4.70. The largest absolute Gasteiger partial charge is 0.444 e. The Kier molecular flexibility index (Phi) is 5.18. The first-order valence-corrected chi connectivity index (χ1v) is 10.9. The van der Waals surface area contributed by atoms with E-state index >= 15 is 0 Å². The maximum absolute atomic E-state index is 12.9. The Balaban J connectivity index is 1.81. The van der Waals surface area contributed by atoms with Crippen LogP contribution in [0.15, 0.2) is 12.1 Å². The van der Waals surface area contributed by atoms with Gasteiger partial charge in [0, 0.05) is 26.3 Å². The van der Waals surface area contributed by atoms with Gasteiger partial charge in [0.2, 0.25) is 5.91 Å². The second-order valence-electron chi connectivity index (χ2n) is 8.42. The monoisotopic (exact) mass is 424 g/mol. The van der Waals surface area contributed by atoms with Crippen molar-refractivity contribution in [3.05, 3.63) is 17.7 Å². The molecule has 2 amide bonds. The van der Waals surface area contributed by atoms with E-state index in [2.05, 4.69) is 5.32 Å². The first kappa shape index (κ1) is 21.2.